The van der Waals surface area contributed by atoms with Crippen LogP contribution in [0.4, 0.5) is 0 Å². The van der Waals surface area contributed by atoms with Crippen molar-refractivity contribution >= 4 is 23.4 Å². The van der Waals surface area contributed by atoms with E-state index in [4.69, 9.17) is 11.6 Å². The summed E-state index contributed by atoms with van der Waals surface area (Å²) in [5, 5.41) is 8.00. The number of H-pyrrole nitrogens is 1. The molecule has 8 heteroatoms. The zero-order valence-electron chi connectivity index (χ0n) is 10.2. The van der Waals surface area contributed by atoms with Crippen LogP contribution in [0.25, 0.3) is 0 Å². The van der Waals surface area contributed by atoms with Crippen LogP contribution < -0.4 is 5.69 Å². The molecule has 0 spiro atoms. The Labute approximate surface area is 113 Å². The number of rotatable bonds is 3. The van der Waals surface area contributed by atoms with Gasteiger partial charge in [-0.05, 0) is 18.7 Å². The van der Waals surface area contributed by atoms with Crippen LogP contribution in [-0.2, 0) is 13.5 Å². The summed E-state index contributed by atoms with van der Waals surface area (Å²) < 4.78 is 1.42. The van der Waals surface area contributed by atoms with Gasteiger partial charge in [-0.1, -0.05) is 18.5 Å². The van der Waals surface area contributed by atoms with Gasteiger partial charge in [0.05, 0.1) is 0 Å². The van der Waals surface area contributed by atoms with Crippen molar-refractivity contribution in [1.29, 1.82) is 0 Å². The van der Waals surface area contributed by atoms with Crippen LogP contribution in [0.3, 0.4) is 0 Å². The standard InChI is InChI=1S/C10H12ClN5OS/c1-4-6-12-7(11)5(2)8(13-6)18-10-15-14-9(17)16(10)3/h4H2,1-3H3,(H,14,17). The van der Waals surface area contributed by atoms with E-state index in [0.29, 0.717) is 27.6 Å². The highest BCUT2D eigenvalue weighted by Gasteiger charge is 2.13. The maximum atomic E-state index is 11.3. The second kappa shape index (κ2) is 5.11. The molecule has 0 saturated heterocycles. The molecule has 0 aromatic carbocycles. The molecule has 2 aromatic heterocycles. The summed E-state index contributed by atoms with van der Waals surface area (Å²) >= 11 is 7.34. The zero-order valence-corrected chi connectivity index (χ0v) is 11.8. The Balaban J connectivity index is 2.42. The Bertz CT molecular complexity index is 636. The van der Waals surface area contributed by atoms with E-state index in [9.17, 15) is 4.79 Å². The van der Waals surface area contributed by atoms with E-state index < -0.39 is 0 Å². The number of aromatic amines is 1. The summed E-state index contributed by atoms with van der Waals surface area (Å²) in [4.78, 5) is 19.8. The summed E-state index contributed by atoms with van der Waals surface area (Å²) in [7, 11) is 1.65. The van der Waals surface area contributed by atoms with Crippen LogP contribution in [0.2, 0.25) is 5.15 Å². The van der Waals surface area contributed by atoms with Crippen molar-refractivity contribution in [2.75, 3.05) is 0 Å². The summed E-state index contributed by atoms with van der Waals surface area (Å²) in [5.41, 5.74) is 0.528. The van der Waals surface area contributed by atoms with Crippen LogP contribution in [0.1, 0.15) is 18.3 Å². The Hall–Kier alpha value is -1.34. The largest absolute Gasteiger partial charge is 0.343 e. The fourth-order valence-corrected chi connectivity index (χ4v) is 2.41. The highest BCUT2D eigenvalue weighted by Crippen LogP contribution is 2.29. The lowest BCUT2D eigenvalue weighted by Gasteiger charge is -2.06. The Morgan fingerprint density at radius 2 is 2.17 bits per heavy atom. The fourth-order valence-electron chi connectivity index (χ4n) is 1.28. The van der Waals surface area contributed by atoms with Gasteiger partial charge in [0, 0.05) is 19.0 Å². The molecule has 0 bridgehead atoms. The first-order chi connectivity index (χ1) is 8.52. The van der Waals surface area contributed by atoms with E-state index >= 15 is 0 Å². The molecule has 0 fully saturated rings. The number of hydrogen-bond donors (Lipinski definition) is 1. The number of nitrogens with one attached hydrogen (secondary N) is 1. The number of halogens is 1. The third-order valence-corrected chi connectivity index (χ3v) is 3.94. The van der Waals surface area contributed by atoms with Gasteiger partial charge in [-0.15, -0.1) is 5.10 Å². The minimum Gasteiger partial charge on any atom is -0.273 e. The first-order valence-corrected chi connectivity index (χ1v) is 6.54. The molecule has 0 aliphatic rings. The van der Waals surface area contributed by atoms with E-state index in [0.717, 1.165) is 5.56 Å². The van der Waals surface area contributed by atoms with Gasteiger partial charge >= 0.3 is 5.69 Å². The molecule has 0 radical (unpaired) electrons. The van der Waals surface area contributed by atoms with E-state index in [-0.39, 0.29) is 5.69 Å². The number of hydrogen-bond acceptors (Lipinski definition) is 5. The molecule has 0 unspecified atom stereocenters. The van der Waals surface area contributed by atoms with Gasteiger partial charge in [0.25, 0.3) is 0 Å². The maximum absolute atomic E-state index is 11.3. The lowest BCUT2D eigenvalue weighted by atomic mass is 10.3. The molecule has 0 aliphatic heterocycles. The highest BCUT2D eigenvalue weighted by atomic mass is 35.5. The van der Waals surface area contributed by atoms with Crippen molar-refractivity contribution < 1.29 is 0 Å². The van der Waals surface area contributed by atoms with Gasteiger partial charge in [0.15, 0.2) is 5.16 Å². The summed E-state index contributed by atoms with van der Waals surface area (Å²) in [5.74, 6) is 0.675. The second-order valence-electron chi connectivity index (χ2n) is 3.69. The van der Waals surface area contributed by atoms with Crippen LogP contribution in [0.5, 0.6) is 0 Å². The van der Waals surface area contributed by atoms with Gasteiger partial charge < -0.3 is 0 Å². The highest BCUT2D eigenvalue weighted by molar-refractivity contribution is 7.99. The van der Waals surface area contributed by atoms with E-state index in [1.54, 1.807) is 7.05 Å². The molecule has 0 amide bonds. The Morgan fingerprint density at radius 3 is 2.72 bits per heavy atom. The third-order valence-electron chi connectivity index (χ3n) is 2.43. The molecule has 0 aliphatic carbocycles. The average Bonchev–Trinajstić information content (AvgIpc) is 2.66. The van der Waals surface area contributed by atoms with Crippen molar-refractivity contribution in [2.24, 2.45) is 7.05 Å². The molecule has 2 heterocycles. The molecule has 0 saturated carbocycles. The van der Waals surface area contributed by atoms with Gasteiger partial charge in [-0.3, -0.25) is 4.57 Å². The number of aromatic nitrogens is 5. The molecule has 6 nitrogen and oxygen atoms in total. The van der Waals surface area contributed by atoms with Crippen molar-refractivity contribution in [2.45, 2.75) is 30.5 Å². The smallest absolute Gasteiger partial charge is 0.273 e. The zero-order chi connectivity index (χ0) is 13.3. The summed E-state index contributed by atoms with van der Waals surface area (Å²) in [6.07, 6.45) is 0.701. The van der Waals surface area contributed by atoms with Crippen LogP contribution in [0, 0.1) is 6.92 Å². The van der Waals surface area contributed by atoms with Gasteiger partial charge in [-0.2, -0.15) is 0 Å². The minimum absolute atomic E-state index is 0.258. The van der Waals surface area contributed by atoms with E-state index in [1.807, 2.05) is 13.8 Å². The molecule has 0 atom stereocenters. The van der Waals surface area contributed by atoms with Crippen LogP contribution >= 0.6 is 23.4 Å². The van der Waals surface area contributed by atoms with Crippen molar-refractivity contribution in [3.63, 3.8) is 0 Å². The molecule has 18 heavy (non-hydrogen) atoms. The molecule has 1 N–H and O–H groups in total. The average molecular weight is 286 g/mol. The monoisotopic (exact) mass is 285 g/mol. The SMILES string of the molecule is CCc1nc(Cl)c(C)c(Sc2n[nH]c(=O)n2C)n1. The normalized spacial score (nSPS) is 10.9. The lowest BCUT2D eigenvalue weighted by Crippen LogP contribution is -2.13. The van der Waals surface area contributed by atoms with Crippen LogP contribution in [0.15, 0.2) is 15.0 Å². The molecule has 2 rings (SSSR count). The molecular weight excluding hydrogens is 274 g/mol. The first-order valence-electron chi connectivity index (χ1n) is 5.35. The minimum atomic E-state index is -0.258. The van der Waals surface area contributed by atoms with Gasteiger partial charge in [0.2, 0.25) is 0 Å². The Kier molecular flexibility index (Phi) is 3.72. The van der Waals surface area contributed by atoms with Crippen molar-refractivity contribution in [3.05, 3.63) is 27.0 Å². The van der Waals surface area contributed by atoms with Gasteiger partial charge in [0.1, 0.15) is 16.0 Å². The molecule has 2 aromatic rings. The van der Waals surface area contributed by atoms with Crippen LogP contribution in [-0.4, -0.2) is 24.7 Å². The van der Waals surface area contributed by atoms with Gasteiger partial charge in [-0.25, -0.2) is 19.9 Å². The van der Waals surface area contributed by atoms with E-state index in [2.05, 4.69) is 20.2 Å². The second-order valence-corrected chi connectivity index (χ2v) is 5.00. The van der Waals surface area contributed by atoms with Crippen molar-refractivity contribution in [3.8, 4) is 0 Å². The summed E-state index contributed by atoms with van der Waals surface area (Å²) in [6.45, 7) is 3.80. The first kappa shape index (κ1) is 13.1. The lowest BCUT2D eigenvalue weighted by molar-refractivity contribution is 0.762. The number of aryl methyl sites for hydroxylation is 1. The predicted octanol–water partition coefficient (Wildman–Crippen LogP) is 1.57. The predicted molar refractivity (Wildman–Crippen MR) is 69.1 cm³/mol. The molecular formula is C10H12ClN5OS. The maximum Gasteiger partial charge on any atom is 0.343 e. The fraction of sp³-hybridized carbons (Fsp3) is 0.400. The quantitative estimate of drug-likeness (QED) is 0.866. The molecule has 96 valence electrons. The topological polar surface area (TPSA) is 76.5 Å². The van der Waals surface area contributed by atoms with E-state index in [1.165, 1.54) is 16.3 Å². The third kappa shape index (κ3) is 2.41. The summed E-state index contributed by atoms with van der Waals surface area (Å²) in [6, 6.07) is 0. The van der Waals surface area contributed by atoms with Crippen molar-refractivity contribution in [1.82, 2.24) is 24.7 Å². The number of nitrogens with zero attached hydrogens (tertiary/aromatic N) is 4. The Morgan fingerprint density at radius 1 is 1.44 bits per heavy atom.